The Labute approximate surface area is 112 Å². The maximum absolute atomic E-state index is 11.6. The van der Waals surface area contributed by atoms with Crippen LogP contribution in [0.25, 0.3) is 0 Å². The first kappa shape index (κ1) is 14.9. The molecule has 1 N–H and O–H groups in total. The summed E-state index contributed by atoms with van der Waals surface area (Å²) in [5.74, 6) is -0.0231. The standard InChI is InChI=1S/C13H18N2O4/c1-13(2,3)19-12(17)15-10-7-9(5-6-14-10)8-11(16)18-4/h5-7H,8H2,1-4H3,(H,14,15,17). The Balaban J connectivity index is 2.67. The van der Waals surface area contributed by atoms with Crippen LogP contribution in [-0.4, -0.2) is 29.8 Å². The molecule has 1 aromatic rings. The molecule has 104 valence electrons. The average Bonchev–Trinajstić information content (AvgIpc) is 2.26. The molecule has 0 atom stereocenters. The zero-order valence-electron chi connectivity index (χ0n) is 11.5. The fourth-order valence-electron chi connectivity index (χ4n) is 1.30. The van der Waals surface area contributed by atoms with E-state index in [0.717, 1.165) is 0 Å². The largest absolute Gasteiger partial charge is 0.469 e. The van der Waals surface area contributed by atoms with Crippen molar-refractivity contribution in [3.8, 4) is 0 Å². The van der Waals surface area contributed by atoms with Crippen molar-refractivity contribution in [2.45, 2.75) is 32.8 Å². The summed E-state index contributed by atoms with van der Waals surface area (Å²) in [7, 11) is 1.32. The van der Waals surface area contributed by atoms with Crippen LogP contribution in [0.1, 0.15) is 26.3 Å². The number of carbonyl (C=O) groups excluding carboxylic acids is 2. The topological polar surface area (TPSA) is 77.5 Å². The fraction of sp³-hybridized carbons (Fsp3) is 0.462. The van der Waals surface area contributed by atoms with E-state index in [2.05, 4.69) is 15.0 Å². The van der Waals surface area contributed by atoms with Crippen molar-refractivity contribution >= 4 is 17.9 Å². The van der Waals surface area contributed by atoms with Crippen molar-refractivity contribution in [1.82, 2.24) is 4.98 Å². The van der Waals surface area contributed by atoms with Gasteiger partial charge in [-0.1, -0.05) is 0 Å². The van der Waals surface area contributed by atoms with E-state index in [0.29, 0.717) is 11.4 Å². The highest BCUT2D eigenvalue weighted by Crippen LogP contribution is 2.11. The highest BCUT2D eigenvalue weighted by atomic mass is 16.6. The van der Waals surface area contributed by atoms with Crippen LogP contribution in [-0.2, 0) is 20.7 Å². The molecule has 0 aromatic carbocycles. The number of hydrogen-bond acceptors (Lipinski definition) is 5. The lowest BCUT2D eigenvalue weighted by Gasteiger charge is -2.19. The molecule has 0 unspecified atom stereocenters. The number of carbonyl (C=O) groups is 2. The summed E-state index contributed by atoms with van der Waals surface area (Å²) in [6.07, 6.45) is 1.04. The second-order valence-corrected chi connectivity index (χ2v) is 4.93. The van der Waals surface area contributed by atoms with E-state index in [-0.39, 0.29) is 12.4 Å². The first-order valence-electron chi connectivity index (χ1n) is 5.82. The third-order valence-electron chi connectivity index (χ3n) is 2.03. The number of amides is 1. The molecule has 0 saturated heterocycles. The average molecular weight is 266 g/mol. The molecule has 0 aliphatic carbocycles. The van der Waals surface area contributed by atoms with Gasteiger partial charge in [0.15, 0.2) is 0 Å². The van der Waals surface area contributed by atoms with Gasteiger partial charge in [0.05, 0.1) is 13.5 Å². The van der Waals surface area contributed by atoms with E-state index in [1.165, 1.54) is 13.3 Å². The van der Waals surface area contributed by atoms with E-state index in [9.17, 15) is 9.59 Å². The molecule has 0 spiro atoms. The van der Waals surface area contributed by atoms with Crippen molar-refractivity contribution in [2.75, 3.05) is 12.4 Å². The molecule has 1 aromatic heterocycles. The molecule has 6 nitrogen and oxygen atoms in total. The summed E-state index contributed by atoms with van der Waals surface area (Å²) in [5, 5.41) is 2.51. The van der Waals surface area contributed by atoms with E-state index in [1.54, 1.807) is 32.9 Å². The van der Waals surface area contributed by atoms with Crippen molar-refractivity contribution in [3.05, 3.63) is 23.9 Å². The third-order valence-corrected chi connectivity index (χ3v) is 2.03. The quantitative estimate of drug-likeness (QED) is 0.848. The Kier molecular flexibility index (Phi) is 4.86. The van der Waals surface area contributed by atoms with Gasteiger partial charge in [0.1, 0.15) is 11.4 Å². The fourth-order valence-corrected chi connectivity index (χ4v) is 1.30. The number of nitrogens with zero attached hydrogens (tertiary/aromatic N) is 1. The Morgan fingerprint density at radius 2 is 2.05 bits per heavy atom. The number of pyridine rings is 1. The molecule has 1 heterocycles. The SMILES string of the molecule is COC(=O)Cc1ccnc(NC(=O)OC(C)(C)C)c1. The Bertz CT molecular complexity index is 466. The van der Waals surface area contributed by atoms with Gasteiger partial charge in [0.25, 0.3) is 0 Å². The Morgan fingerprint density at radius 1 is 1.37 bits per heavy atom. The van der Waals surface area contributed by atoms with Gasteiger partial charge in [-0.3, -0.25) is 10.1 Å². The lowest BCUT2D eigenvalue weighted by atomic mass is 10.2. The lowest BCUT2D eigenvalue weighted by molar-refractivity contribution is -0.139. The molecule has 0 aliphatic heterocycles. The van der Waals surface area contributed by atoms with Crippen LogP contribution < -0.4 is 5.32 Å². The van der Waals surface area contributed by atoms with Crippen molar-refractivity contribution < 1.29 is 19.1 Å². The van der Waals surface area contributed by atoms with Crippen molar-refractivity contribution in [3.63, 3.8) is 0 Å². The number of anilines is 1. The molecule has 0 aliphatic rings. The highest BCUT2D eigenvalue weighted by molar-refractivity contribution is 5.84. The second kappa shape index (κ2) is 6.17. The summed E-state index contributed by atoms with van der Waals surface area (Å²) < 4.78 is 9.67. The molecule has 0 bridgehead atoms. The maximum atomic E-state index is 11.6. The molecule has 6 heteroatoms. The van der Waals surface area contributed by atoms with Crippen LogP contribution in [0.5, 0.6) is 0 Å². The predicted octanol–water partition coefficient (Wildman–Crippen LogP) is 2.14. The zero-order valence-corrected chi connectivity index (χ0v) is 11.5. The first-order chi connectivity index (χ1) is 8.80. The smallest absolute Gasteiger partial charge is 0.413 e. The number of esters is 1. The number of aromatic nitrogens is 1. The van der Waals surface area contributed by atoms with Crippen LogP contribution in [0.15, 0.2) is 18.3 Å². The molecular formula is C13H18N2O4. The van der Waals surface area contributed by atoms with E-state index in [4.69, 9.17) is 4.74 Å². The van der Waals surface area contributed by atoms with Gasteiger partial charge in [-0.05, 0) is 38.5 Å². The van der Waals surface area contributed by atoms with Crippen LogP contribution in [0, 0.1) is 0 Å². The Morgan fingerprint density at radius 3 is 2.63 bits per heavy atom. The minimum atomic E-state index is -0.588. The van der Waals surface area contributed by atoms with Crippen LogP contribution >= 0.6 is 0 Å². The lowest BCUT2D eigenvalue weighted by Crippen LogP contribution is -2.27. The molecule has 0 fully saturated rings. The maximum Gasteiger partial charge on any atom is 0.413 e. The van der Waals surface area contributed by atoms with Gasteiger partial charge >= 0.3 is 12.1 Å². The zero-order chi connectivity index (χ0) is 14.5. The van der Waals surface area contributed by atoms with Gasteiger partial charge in [0.2, 0.25) is 0 Å². The molecule has 19 heavy (non-hydrogen) atoms. The normalized spacial score (nSPS) is 10.7. The summed E-state index contributed by atoms with van der Waals surface area (Å²) in [6, 6.07) is 3.28. The third kappa shape index (κ3) is 5.85. The molecule has 1 rings (SSSR count). The summed E-state index contributed by atoms with van der Waals surface area (Å²) in [5.41, 5.74) is 0.126. The number of hydrogen-bond donors (Lipinski definition) is 1. The van der Waals surface area contributed by atoms with Gasteiger partial charge in [-0.25, -0.2) is 9.78 Å². The molecule has 0 saturated carbocycles. The number of ether oxygens (including phenoxy) is 2. The van der Waals surface area contributed by atoms with E-state index in [1.807, 2.05) is 0 Å². The van der Waals surface area contributed by atoms with Crippen LogP contribution in [0.2, 0.25) is 0 Å². The summed E-state index contributed by atoms with van der Waals surface area (Å²) in [6.45, 7) is 5.31. The van der Waals surface area contributed by atoms with Crippen LogP contribution in [0.3, 0.4) is 0 Å². The van der Waals surface area contributed by atoms with Gasteiger partial charge < -0.3 is 9.47 Å². The van der Waals surface area contributed by atoms with Crippen LogP contribution in [0.4, 0.5) is 10.6 Å². The molecular weight excluding hydrogens is 248 g/mol. The molecule has 0 radical (unpaired) electrons. The Hall–Kier alpha value is -2.11. The highest BCUT2D eigenvalue weighted by Gasteiger charge is 2.16. The minimum absolute atomic E-state index is 0.127. The summed E-state index contributed by atoms with van der Waals surface area (Å²) >= 11 is 0. The monoisotopic (exact) mass is 266 g/mol. The van der Waals surface area contributed by atoms with E-state index >= 15 is 0 Å². The van der Waals surface area contributed by atoms with Crippen molar-refractivity contribution in [2.24, 2.45) is 0 Å². The number of rotatable bonds is 3. The predicted molar refractivity (Wildman–Crippen MR) is 69.8 cm³/mol. The molecule has 1 amide bonds. The van der Waals surface area contributed by atoms with Gasteiger partial charge in [-0.2, -0.15) is 0 Å². The van der Waals surface area contributed by atoms with Crippen molar-refractivity contribution in [1.29, 1.82) is 0 Å². The minimum Gasteiger partial charge on any atom is -0.469 e. The van der Waals surface area contributed by atoms with Gasteiger partial charge in [0, 0.05) is 6.20 Å². The first-order valence-corrected chi connectivity index (χ1v) is 5.82. The number of methoxy groups -OCH3 is 1. The second-order valence-electron chi connectivity index (χ2n) is 4.93. The van der Waals surface area contributed by atoms with Gasteiger partial charge in [-0.15, -0.1) is 0 Å². The van der Waals surface area contributed by atoms with E-state index < -0.39 is 11.7 Å². The number of nitrogens with one attached hydrogen (secondary N) is 1. The summed E-state index contributed by atoms with van der Waals surface area (Å²) in [4.78, 5) is 26.7.